The first-order valence-electron chi connectivity index (χ1n) is 24.2. The van der Waals surface area contributed by atoms with Gasteiger partial charge < -0.3 is 9.64 Å². The zero-order valence-electron chi connectivity index (χ0n) is 39.4. The summed E-state index contributed by atoms with van der Waals surface area (Å²) in [6.45, 7) is 8.30. The van der Waals surface area contributed by atoms with Crippen LogP contribution in [0.3, 0.4) is 0 Å². The van der Waals surface area contributed by atoms with Gasteiger partial charge in [0.15, 0.2) is 0 Å². The minimum atomic E-state index is -0.849. The maximum atomic E-state index is 15.4. The summed E-state index contributed by atoms with van der Waals surface area (Å²) in [6, 6.07) is 75.7. The summed E-state index contributed by atoms with van der Waals surface area (Å²) in [5, 5.41) is 0. The molecule has 340 valence electrons. The Bertz CT molecular complexity index is 3770. The van der Waals surface area contributed by atoms with E-state index in [0.717, 1.165) is 67.3 Å². The molecule has 3 aliphatic rings. The SMILES string of the molecule is C=Cc1ccc(COc2ccc(C3(c4ccc(F)cc4)c4ccccc4-c4ccc(N(c5ccc(F)c(C)c5)c5ccc6c(c5)C5(c7ccccc7-c7ccc(C)cc75)c5ccccc5-6)cc43)cc2)cc1. The Labute approximate surface area is 413 Å². The lowest BCUT2D eigenvalue weighted by Gasteiger charge is -2.35. The first kappa shape index (κ1) is 42.5. The second-order valence-corrected chi connectivity index (χ2v) is 19.2. The van der Waals surface area contributed by atoms with E-state index in [1.54, 1.807) is 18.2 Å². The molecule has 0 saturated heterocycles. The highest BCUT2D eigenvalue weighted by molar-refractivity contribution is 5.97. The third-order valence-electron chi connectivity index (χ3n) is 15.4. The van der Waals surface area contributed by atoms with Crippen molar-refractivity contribution in [3.05, 3.63) is 303 Å². The Balaban J connectivity index is 1.02. The van der Waals surface area contributed by atoms with Gasteiger partial charge in [-0.3, -0.25) is 0 Å². The maximum Gasteiger partial charge on any atom is 0.126 e. The van der Waals surface area contributed by atoms with E-state index in [1.807, 2.05) is 61.5 Å². The minimum Gasteiger partial charge on any atom is -0.489 e. The normalized spacial score (nSPS) is 16.4. The number of rotatable bonds is 9. The van der Waals surface area contributed by atoms with Gasteiger partial charge in [0.05, 0.1) is 10.8 Å². The second-order valence-electron chi connectivity index (χ2n) is 19.2. The topological polar surface area (TPSA) is 12.5 Å². The number of anilines is 3. The van der Waals surface area contributed by atoms with Crippen molar-refractivity contribution in [2.24, 2.45) is 0 Å². The van der Waals surface area contributed by atoms with Crippen LogP contribution in [0.5, 0.6) is 5.75 Å². The minimum absolute atomic E-state index is 0.260. The van der Waals surface area contributed by atoms with Crippen LogP contribution in [0.1, 0.15) is 66.8 Å². The molecule has 2 unspecified atom stereocenters. The molecule has 1 spiro atoms. The number of halogens is 2. The average molecular weight is 920 g/mol. The molecule has 0 bridgehead atoms. The van der Waals surface area contributed by atoms with Crippen molar-refractivity contribution in [3.63, 3.8) is 0 Å². The number of benzene rings is 10. The third kappa shape index (κ3) is 6.30. The molecule has 0 radical (unpaired) electrons. The van der Waals surface area contributed by atoms with Crippen LogP contribution in [0, 0.1) is 25.5 Å². The van der Waals surface area contributed by atoms with Crippen LogP contribution in [0.15, 0.2) is 225 Å². The van der Waals surface area contributed by atoms with Gasteiger partial charge in [-0.25, -0.2) is 8.78 Å². The molecule has 3 aliphatic carbocycles. The van der Waals surface area contributed by atoms with Crippen LogP contribution < -0.4 is 9.64 Å². The summed E-state index contributed by atoms with van der Waals surface area (Å²) in [4.78, 5) is 2.28. The highest BCUT2D eigenvalue weighted by Gasteiger charge is 2.52. The fourth-order valence-electron chi connectivity index (χ4n) is 12.2. The largest absolute Gasteiger partial charge is 0.489 e. The van der Waals surface area contributed by atoms with Gasteiger partial charge in [0.1, 0.15) is 24.0 Å². The van der Waals surface area contributed by atoms with Crippen molar-refractivity contribution in [2.75, 3.05) is 4.90 Å². The van der Waals surface area contributed by atoms with Crippen molar-refractivity contribution in [1.82, 2.24) is 0 Å². The lowest BCUT2D eigenvalue weighted by Crippen LogP contribution is -2.29. The van der Waals surface area contributed by atoms with E-state index in [4.69, 9.17) is 4.74 Å². The second kappa shape index (κ2) is 16.3. The van der Waals surface area contributed by atoms with Gasteiger partial charge in [-0.1, -0.05) is 170 Å². The first-order chi connectivity index (χ1) is 34.8. The highest BCUT2D eigenvalue weighted by Crippen LogP contribution is 2.64. The number of ether oxygens (including phenoxy) is 1. The third-order valence-corrected chi connectivity index (χ3v) is 15.4. The Morgan fingerprint density at radius 2 is 0.915 bits per heavy atom. The Morgan fingerprint density at radius 3 is 1.48 bits per heavy atom. The predicted octanol–water partition coefficient (Wildman–Crippen LogP) is 17.0. The van der Waals surface area contributed by atoms with Crippen molar-refractivity contribution < 1.29 is 13.5 Å². The average Bonchev–Trinajstić information content (AvgIpc) is 4.00. The molecule has 0 fully saturated rings. The van der Waals surface area contributed by atoms with E-state index in [1.165, 1.54) is 50.1 Å². The summed E-state index contributed by atoms with van der Waals surface area (Å²) in [6.07, 6.45) is 1.83. The van der Waals surface area contributed by atoms with Crippen LogP contribution >= 0.6 is 0 Å². The lowest BCUT2D eigenvalue weighted by atomic mass is 9.67. The van der Waals surface area contributed by atoms with E-state index >= 15 is 8.78 Å². The van der Waals surface area contributed by atoms with Gasteiger partial charge in [-0.05, 0) is 175 Å². The van der Waals surface area contributed by atoms with Crippen LogP contribution in [-0.2, 0) is 17.4 Å². The maximum absolute atomic E-state index is 15.4. The molecule has 10 aromatic carbocycles. The van der Waals surface area contributed by atoms with E-state index in [2.05, 4.69) is 170 Å². The van der Waals surface area contributed by atoms with Crippen molar-refractivity contribution >= 4 is 23.1 Å². The van der Waals surface area contributed by atoms with Crippen molar-refractivity contribution in [1.29, 1.82) is 0 Å². The van der Waals surface area contributed by atoms with E-state index in [-0.39, 0.29) is 11.6 Å². The molecule has 4 heteroatoms. The molecule has 0 N–H and O–H groups in total. The Kier molecular flexibility index (Phi) is 9.73. The van der Waals surface area contributed by atoms with Gasteiger partial charge in [0.25, 0.3) is 0 Å². The van der Waals surface area contributed by atoms with Gasteiger partial charge >= 0.3 is 0 Å². The molecule has 13 rings (SSSR count). The number of hydrogen-bond donors (Lipinski definition) is 0. The van der Waals surface area contributed by atoms with Crippen LogP contribution in [0.2, 0.25) is 0 Å². The number of hydrogen-bond acceptors (Lipinski definition) is 2. The lowest BCUT2D eigenvalue weighted by molar-refractivity contribution is 0.306. The molecule has 0 saturated carbocycles. The van der Waals surface area contributed by atoms with Crippen molar-refractivity contribution in [3.8, 4) is 39.1 Å². The monoisotopic (exact) mass is 919 g/mol. The fraction of sp³-hybridized carbons (Fsp3) is 0.0746. The fourth-order valence-corrected chi connectivity index (χ4v) is 12.2. The summed E-state index contributed by atoms with van der Waals surface area (Å²) in [5.74, 6) is 0.184. The van der Waals surface area contributed by atoms with Crippen molar-refractivity contribution in [2.45, 2.75) is 31.3 Å². The Morgan fingerprint density at radius 1 is 0.451 bits per heavy atom. The highest BCUT2D eigenvalue weighted by atomic mass is 19.1. The molecular weight excluding hydrogens is 873 g/mol. The van der Waals surface area contributed by atoms with Gasteiger partial charge in [-0.2, -0.15) is 0 Å². The molecule has 2 nitrogen and oxygen atoms in total. The molecule has 0 amide bonds. The zero-order chi connectivity index (χ0) is 48.0. The number of nitrogens with zero attached hydrogens (tertiary/aromatic N) is 1. The van der Waals surface area contributed by atoms with Gasteiger partial charge in [0.2, 0.25) is 0 Å². The summed E-state index contributed by atoms with van der Waals surface area (Å²) < 4.78 is 36.8. The summed E-state index contributed by atoms with van der Waals surface area (Å²) in [7, 11) is 0. The molecule has 2 atom stereocenters. The summed E-state index contributed by atoms with van der Waals surface area (Å²) >= 11 is 0. The first-order valence-corrected chi connectivity index (χ1v) is 24.2. The number of fused-ring (bicyclic) bond motifs is 13. The Hall–Kier alpha value is -8.60. The quantitative estimate of drug-likeness (QED) is 0.143. The summed E-state index contributed by atoms with van der Waals surface area (Å²) in [5.41, 5.74) is 21.4. The van der Waals surface area contributed by atoms with Crippen LogP contribution in [-0.4, -0.2) is 0 Å². The van der Waals surface area contributed by atoms with Crippen LogP contribution in [0.25, 0.3) is 39.5 Å². The molecule has 71 heavy (non-hydrogen) atoms. The van der Waals surface area contributed by atoms with Crippen LogP contribution in [0.4, 0.5) is 25.8 Å². The molecule has 0 aromatic heterocycles. The number of aryl methyl sites for hydroxylation is 2. The molecule has 10 aromatic rings. The van der Waals surface area contributed by atoms with Gasteiger partial charge in [-0.15, -0.1) is 0 Å². The molecule has 0 heterocycles. The zero-order valence-corrected chi connectivity index (χ0v) is 39.4. The predicted molar refractivity (Wildman–Crippen MR) is 285 cm³/mol. The van der Waals surface area contributed by atoms with Gasteiger partial charge in [0, 0.05) is 17.1 Å². The van der Waals surface area contributed by atoms with E-state index in [0.29, 0.717) is 12.2 Å². The molecular formula is C67H47F2NO. The smallest absolute Gasteiger partial charge is 0.126 e. The van der Waals surface area contributed by atoms with E-state index < -0.39 is 10.8 Å². The molecule has 0 aliphatic heterocycles. The van der Waals surface area contributed by atoms with E-state index in [9.17, 15) is 0 Å². The standard InChI is InChI=1S/C67H47F2NO/c1-4-44-18-20-45(21-19-44)41-71-52-31-24-47(25-32-52)66(46-22-26-48(68)27-23-46)59-14-8-5-11-53(59)57-34-28-50(39-63(57)66)70(49-30-36-65(69)43(3)38-49)51-29-35-58-55-13-7-10-16-61(55)67(64(58)40-51)60-15-9-6-12-54(60)56-33-17-42(2)37-62(56)67/h4-40H,1,41H2,2-3H3.